The predicted molar refractivity (Wildman–Crippen MR) is 76.2 cm³/mol. The molecular formula is C14H18N2OS. The second kappa shape index (κ2) is 5.96. The van der Waals surface area contributed by atoms with Crippen LogP contribution in [0.4, 0.5) is 0 Å². The van der Waals surface area contributed by atoms with Gasteiger partial charge in [-0.05, 0) is 30.7 Å². The number of amides is 1. The van der Waals surface area contributed by atoms with Crippen LogP contribution >= 0.6 is 12.2 Å². The predicted octanol–water partition coefficient (Wildman–Crippen LogP) is 1.80. The van der Waals surface area contributed by atoms with E-state index in [2.05, 4.69) is 5.32 Å². The third-order valence-electron chi connectivity index (χ3n) is 3.20. The number of nitrogens with one attached hydrogen (secondary N) is 1. The van der Waals surface area contributed by atoms with E-state index in [4.69, 9.17) is 18.0 Å². The summed E-state index contributed by atoms with van der Waals surface area (Å²) < 4.78 is 0. The lowest BCUT2D eigenvalue weighted by atomic mass is 10.1. The molecule has 0 aromatic heterocycles. The molecule has 0 heterocycles. The van der Waals surface area contributed by atoms with Gasteiger partial charge < -0.3 is 11.1 Å². The molecule has 1 amide bonds. The van der Waals surface area contributed by atoms with Crippen LogP contribution in [0.5, 0.6) is 0 Å². The van der Waals surface area contributed by atoms with Crippen molar-refractivity contribution >= 4 is 23.1 Å². The molecule has 1 aromatic rings. The molecule has 1 saturated carbocycles. The van der Waals surface area contributed by atoms with Gasteiger partial charge in [0.2, 0.25) is 5.91 Å². The number of carbonyl (C=O) groups is 1. The normalized spacial score (nSPS) is 16.0. The minimum Gasteiger partial charge on any atom is -0.392 e. The molecular weight excluding hydrogens is 244 g/mol. The number of thiocarbonyl (C=S) groups is 1. The molecule has 4 heteroatoms. The average molecular weight is 262 g/mol. The zero-order valence-corrected chi connectivity index (χ0v) is 11.1. The van der Waals surface area contributed by atoms with Crippen LogP contribution in [0.1, 0.15) is 24.8 Å². The first-order chi connectivity index (χ1) is 8.66. The quantitative estimate of drug-likeness (QED) is 0.769. The second-order valence-electron chi connectivity index (χ2n) is 4.77. The molecule has 0 radical (unpaired) electrons. The number of nitrogens with two attached hydrogens (primary N) is 1. The molecule has 96 valence electrons. The van der Waals surface area contributed by atoms with Gasteiger partial charge in [-0.15, -0.1) is 0 Å². The van der Waals surface area contributed by atoms with E-state index in [1.54, 1.807) is 0 Å². The van der Waals surface area contributed by atoms with Gasteiger partial charge in [-0.2, -0.15) is 0 Å². The highest BCUT2D eigenvalue weighted by Gasteiger charge is 2.33. The van der Waals surface area contributed by atoms with E-state index in [0.717, 1.165) is 19.3 Å². The van der Waals surface area contributed by atoms with E-state index in [1.807, 2.05) is 30.3 Å². The third kappa shape index (κ3) is 3.81. The fraction of sp³-hybridized carbons (Fsp3) is 0.429. The maximum absolute atomic E-state index is 11.8. The van der Waals surface area contributed by atoms with Crippen molar-refractivity contribution < 1.29 is 4.79 Å². The van der Waals surface area contributed by atoms with Gasteiger partial charge in [0.15, 0.2) is 0 Å². The Balaban J connectivity index is 1.79. The molecule has 0 bridgehead atoms. The molecule has 1 aliphatic carbocycles. The summed E-state index contributed by atoms with van der Waals surface area (Å²) in [6.45, 7) is 0. The van der Waals surface area contributed by atoms with Crippen LogP contribution in [0.25, 0.3) is 0 Å². The van der Waals surface area contributed by atoms with E-state index in [0.29, 0.717) is 17.3 Å². The summed E-state index contributed by atoms with van der Waals surface area (Å²) in [6, 6.07) is 9.88. The molecule has 3 N–H and O–H groups in total. The molecule has 1 aliphatic rings. The Labute approximate surface area is 113 Å². The topological polar surface area (TPSA) is 55.1 Å². The van der Waals surface area contributed by atoms with Crippen LogP contribution in [0, 0.1) is 5.92 Å². The van der Waals surface area contributed by atoms with Crippen molar-refractivity contribution in [2.75, 3.05) is 0 Å². The van der Waals surface area contributed by atoms with Crippen molar-refractivity contribution in [2.24, 2.45) is 11.7 Å². The molecule has 18 heavy (non-hydrogen) atoms. The van der Waals surface area contributed by atoms with Gasteiger partial charge in [-0.25, -0.2) is 0 Å². The van der Waals surface area contributed by atoms with Crippen LogP contribution in [0.3, 0.4) is 0 Å². The van der Waals surface area contributed by atoms with Gasteiger partial charge in [0.05, 0.1) is 11.0 Å². The van der Waals surface area contributed by atoms with Crippen LogP contribution in [-0.4, -0.2) is 16.9 Å². The first-order valence-electron chi connectivity index (χ1n) is 6.29. The number of carbonyl (C=O) groups excluding carboxylic acids is 1. The van der Waals surface area contributed by atoms with E-state index in [-0.39, 0.29) is 11.9 Å². The number of hydrogen-bond donors (Lipinski definition) is 2. The fourth-order valence-corrected chi connectivity index (χ4v) is 2.25. The SMILES string of the molecule is NC(=S)C(NC(=O)CCc1ccccc1)C1CC1. The summed E-state index contributed by atoms with van der Waals surface area (Å²) in [5.74, 6) is 0.492. The molecule has 1 fully saturated rings. The zero-order chi connectivity index (χ0) is 13.0. The standard InChI is InChI=1S/C14H18N2OS/c15-14(18)13(11-7-8-11)16-12(17)9-6-10-4-2-1-3-5-10/h1-5,11,13H,6-9H2,(H2,15,18)(H,16,17). The summed E-state index contributed by atoms with van der Waals surface area (Å²) >= 11 is 4.99. The number of benzene rings is 1. The second-order valence-corrected chi connectivity index (χ2v) is 5.24. The van der Waals surface area contributed by atoms with Gasteiger partial charge in [0.1, 0.15) is 0 Å². The van der Waals surface area contributed by atoms with Gasteiger partial charge in [0.25, 0.3) is 0 Å². The number of aryl methyl sites for hydroxylation is 1. The van der Waals surface area contributed by atoms with Crippen molar-refractivity contribution in [3.63, 3.8) is 0 Å². The third-order valence-corrected chi connectivity index (χ3v) is 3.45. The lowest BCUT2D eigenvalue weighted by molar-refractivity contribution is -0.121. The highest BCUT2D eigenvalue weighted by molar-refractivity contribution is 7.80. The minimum absolute atomic E-state index is 0.0311. The minimum atomic E-state index is -0.108. The first-order valence-corrected chi connectivity index (χ1v) is 6.70. The zero-order valence-electron chi connectivity index (χ0n) is 10.3. The summed E-state index contributed by atoms with van der Waals surface area (Å²) in [6.07, 6.45) is 3.46. The Morgan fingerprint density at radius 3 is 2.61 bits per heavy atom. The summed E-state index contributed by atoms with van der Waals surface area (Å²) in [5, 5.41) is 2.94. The molecule has 1 aromatic carbocycles. The summed E-state index contributed by atoms with van der Waals surface area (Å²) in [7, 11) is 0. The van der Waals surface area contributed by atoms with Crippen LogP contribution < -0.4 is 11.1 Å². The van der Waals surface area contributed by atoms with Crippen molar-refractivity contribution in [3.05, 3.63) is 35.9 Å². The summed E-state index contributed by atoms with van der Waals surface area (Å²) in [5.41, 5.74) is 6.82. The van der Waals surface area contributed by atoms with Crippen LogP contribution in [0.2, 0.25) is 0 Å². The lowest BCUT2D eigenvalue weighted by Gasteiger charge is -2.16. The molecule has 1 unspecified atom stereocenters. The van der Waals surface area contributed by atoms with Crippen molar-refractivity contribution in [2.45, 2.75) is 31.7 Å². The number of rotatable bonds is 6. The molecule has 0 aliphatic heterocycles. The lowest BCUT2D eigenvalue weighted by Crippen LogP contribution is -2.45. The van der Waals surface area contributed by atoms with Crippen LogP contribution in [0.15, 0.2) is 30.3 Å². The van der Waals surface area contributed by atoms with Crippen molar-refractivity contribution in [3.8, 4) is 0 Å². The highest BCUT2D eigenvalue weighted by Crippen LogP contribution is 2.32. The Morgan fingerprint density at radius 2 is 2.06 bits per heavy atom. The smallest absolute Gasteiger partial charge is 0.220 e. The van der Waals surface area contributed by atoms with Gasteiger partial charge in [-0.1, -0.05) is 42.5 Å². The fourth-order valence-electron chi connectivity index (χ4n) is 2.00. The molecule has 3 nitrogen and oxygen atoms in total. The molecule has 1 atom stereocenters. The van der Waals surface area contributed by atoms with Gasteiger partial charge in [-0.3, -0.25) is 4.79 Å². The Kier molecular flexibility index (Phi) is 4.31. The van der Waals surface area contributed by atoms with Crippen molar-refractivity contribution in [1.82, 2.24) is 5.32 Å². The maximum Gasteiger partial charge on any atom is 0.220 e. The van der Waals surface area contributed by atoms with Crippen LogP contribution in [-0.2, 0) is 11.2 Å². The molecule has 2 rings (SSSR count). The maximum atomic E-state index is 11.8. The first kappa shape index (κ1) is 13.0. The van der Waals surface area contributed by atoms with E-state index >= 15 is 0 Å². The monoisotopic (exact) mass is 262 g/mol. The average Bonchev–Trinajstić information content (AvgIpc) is 3.18. The Bertz CT molecular complexity index is 429. The largest absolute Gasteiger partial charge is 0.392 e. The van der Waals surface area contributed by atoms with Crippen molar-refractivity contribution in [1.29, 1.82) is 0 Å². The van der Waals surface area contributed by atoms with E-state index in [1.165, 1.54) is 5.56 Å². The number of hydrogen-bond acceptors (Lipinski definition) is 2. The summed E-state index contributed by atoms with van der Waals surface area (Å²) in [4.78, 5) is 12.2. The molecule has 0 spiro atoms. The Hall–Kier alpha value is -1.42. The van der Waals surface area contributed by atoms with E-state index in [9.17, 15) is 4.79 Å². The van der Waals surface area contributed by atoms with E-state index < -0.39 is 0 Å². The highest BCUT2D eigenvalue weighted by atomic mass is 32.1. The molecule has 0 saturated heterocycles. The van der Waals surface area contributed by atoms with Gasteiger partial charge >= 0.3 is 0 Å². The van der Waals surface area contributed by atoms with Gasteiger partial charge in [0, 0.05) is 6.42 Å². The Morgan fingerprint density at radius 1 is 1.39 bits per heavy atom.